The van der Waals surface area contributed by atoms with Crippen LogP contribution in [-0.2, 0) is 9.59 Å². The SMILES string of the molecule is CCC(Nc1c(NC(=O)NC)c(=O)c1=O)C(=O)Nc1c(NC(C)C(=O)NC)c(=O)c1=O. The van der Waals surface area contributed by atoms with Crippen molar-refractivity contribution in [2.45, 2.75) is 32.4 Å². The first-order valence-electron chi connectivity index (χ1n) is 9.28. The molecule has 2 aromatic carbocycles. The van der Waals surface area contributed by atoms with Crippen molar-refractivity contribution in [2.75, 3.05) is 35.4 Å². The summed E-state index contributed by atoms with van der Waals surface area (Å²) < 4.78 is 0. The van der Waals surface area contributed by atoms with E-state index in [0.29, 0.717) is 0 Å². The van der Waals surface area contributed by atoms with E-state index in [1.165, 1.54) is 21.0 Å². The third-order valence-electron chi connectivity index (χ3n) is 4.58. The van der Waals surface area contributed by atoms with Gasteiger partial charge in [-0.1, -0.05) is 6.92 Å². The van der Waals surface area contributed by atoms with Gasteiger partial charge in [0, 0.05) is 14.1 Å². The van der Waals surface area contributed by atoms with E-state index >= 15 is 0 Å². The van der Waals surface area contributed by atoms with Gasteiger partial charge in [0.25, 0.3) is 21.7 Å². The summed E-state index contributed by atoms with van der Waals surface area (Å²) in [5.41, 5.74) is -4.69. The molecule has 0 saturated carbocycles. The molecule has 2 rings (SSSR count). The summed E-state index contributed by atoms with van der Waals surface area (Å²) >= 11 is 0. The van der Waals surface area contributed by atoms with Crippen LogP contribution in [0.15, 0.2) is 19.2 Å². The molecule has 0 aromatic heterocycles. The first-order chi connectivity index (χ1) is 14.6. The molecule has 2 aromatic rings. The van der Waals surface area contributed by atoms with Gasteiger partial charge in [0.1, 0.15) is 34.8 Å². The fourth-order valence-electron chi connectivity index (χ4n) is 2.71. The van der Waals surface area contributed by atoms with E-state index in [0.717, 1.165) is 0 Å². The highest BCUT2D eigenvalue weighted by molar-refractivity contribution is 6.02. The van der Waals surface area contributed by atoms with Gasteiger partial charge in [-0.2, -0.15) is 0 Å². The van der Waals surface area contributed by atoms with E-state index in [9.17, 15) is 33.6 Å². The van der Waals surface area contributed by atoms with Gasteiger partial charge in [-0.3, -0.25) is 28.8 Å². The maximum Gasteiger partial charge on any atom is 0.319 e. The summed E-state index contributed by atoms with van der Waals surface area (Å²) in [6, 6.07) is -2.63. The van der Waals surface area contributed by atoms with Gasteiger partial charge in [-0.15, -0.1) is 0 Å². The van der Waals surface area contributed by atoms with Crippen LogP contribution in [0.25, 0.3) is 0 Å². The molecule has 2 atom stereocenters. The van der Waals surface area contributed by atoms with E-state index in [-0.39, 0.29) is 29.2 Å². The van der Waals surface area contributed by atoms with Gasteiger partial charge in [0.15, 0.2) is 0 Å². The van der Waals surface area contributed by atoms with Crippen molar-refractivity contribution >= 4 is 40.6 Å². The van der Waals surface area contributed by atoms with Crippen molar-refractivity contribution in [1.82, 2.24) is 10.6 Å². The summed E-state index contributed by atoms with van der Waals surface area (Å²) in [6.07, 6.45) is 0.136. The van der Waals surface area contributed by atoms with E-state index < -0.39 is 51.6 Å². The van der Waals surface area contributed by atoms with Gasteiger partial charge in [0.05, 0.1) is 0 Å². The molecule has 0 aliphatic heterocycles. The molecule has 0 radical (unpaired) electrons. The van der Waals surface area contributed by atoms with Crippen LogP contribution in [0.2, 0.25) is 0 Å². The minimum Gasteiger partial charge on any atom is -0.369 e. The van der Waals surface area contributed by atoms with Crippen LogP contribution in [0.1, 0.15) is 20.3 Å². The second kappa shape index (κ2) is 9.19. The third kappa shape index (κ3) is 4.44. The number of rotatable bonds is 9. The standard InChI is InChI=1S/C18H22N6O7/c1-5-7(22-9-11(15(28)13(9)26)24-18(31)20-4)17(30)23-10-8(12(25)14(10)27)21-6(2)16(29)19-3/h6-7,21-22H,5H2,1-4H3,(H,19,29)(H,23,30)(H2,20,24,31). The maximum atomic E-state index is 12.6. The molecule has 4 amide bonds. The Bertz CT molecular complexity index is 1170. The molecule has 166 valence electrons. The number of hydrogen-bond acceptors (Lipinski definition) is 9. The van der Waals surface area contributed by atoms with Crippen molar-refractivity contribution in [3.8, 4) is 0 Å². The Kier molecular flexibility index (Phi) is 6.89. The molecule has 0 heterocycles. The maximum absolute atomic E-state index is 12.6. The number of carbonyl (C=O) groups is 3. The van der Waals surface area contributed by atoms with Crippen LogP contribution >= 0.6 is 0 Å². The second-order valence-corrected chi connectivity index (χ2v) is 6.60. The number of urea groups is 1. The van der Waals surface area contributed by atoms with Gasteiger partial charge in [0.2, 0.25) is 11.8 Å². The average molecular weight is 434 g/mol. The molecule has 0 spiro atoms. The number of nitrogens with one attached hydrogen (secondary N) is 6. The van der Waals surface area contributed by atoms with Crippen LogP contribution in [0.3, 0.4) is 0 Å². The van der Waals surface area contributed by atoms with Crippen molar-refractivity contribution < 1.29 is 14.4 Å². The highest BCUT2D eigenvalue weighted by atomic mass is 16.2. The zero-order chi connectivity index (χ0) is 23.5. The van der Waals surface area contributed by atoms with Crippen LogP contribution in [0.5, 0.6) is 0 Å². The van der Waals surface area contributed by atoms with Gasteiger partial charge < -0.3 is 31.9 Å². The highest BCUT2D eigenvalue weighted by Gasteiger charge is 2.30. The van der Waals surface area contributed by atoms with Crippen LogP contribution < -0.4 is 53.6 Å². The lowest BCUT2D eigenvalue weighted by Crippen LogP contribution is -2.47. The monoisotopic (exact) mass is 434 g/mol. The first kappa shape index (κ1) is 23.3. The highest BCUT2D eigenvalue weighted by Crippen LogP contribution is 2.19. The molecule has 0 bridgehead atoms. The van der Waals surface area contributed by atoms with Crippen molar-refractivity contribution in [1.29, 1.82) is 0 Å². The summed E-state index contributed by atoms with van der Waals surface area (Å²) in [5.74, 6) is -1.20. The Morgan fingerprint density at radius 3 is 1.68 bits per heavy atom. The number of anilines is 4. The molecule has 2 unspecified atom stereocenters. The van der Waals surface area contributed by atoms with E-state index in [4.69, 9.17) is 0 Å². The lowest BCUT2D eigenvalue weighted by Gasteiger charge is -2.22. The molecule has 0 saturated heterocycles. The van der Waals surface area contributed by atoms with Crippen LogP contribution in [-0.4, -0.2) is 44.0 Å². The zero-order valence-electron chi connectivity index (χ0n) is 17.2. The quantitative estimate of drug-likeness (QED) is 0.242. The topological polar surface area (TPSA) is 192 Å². The molecule has 6 N–H and O–H groups in total. The van der Waals surface area contributed by atoms with Gasteiger partial charge >= 0.3 is 6.03 Å². The number of amides is 4. The van der Waals surface area contributed by atoms with E-state index in [1.54, 1.807) is 6.92 Å². The summed E-state index contributed by atoms with van der Waals surface area (Å²) in [7, 11) is 2.72. The molecular weight excluding hydrogens is 412 g/mol. The molecule has 13 nitrogen and oxygen atoms in total. The Morgan fingerprint density at radius 1 is 0.710 bits per heavy atom. The van der Waals surface area contributed by atoms with Gasteiger partial charge in [-0.25, -0.2) is 4.79 Å². The predicted octanol–water partition coefficient (Wildman–Crippen LogP) is -1.99. The largest absolute Gasteiger partial charge is 0.369 e. The Labute approximate surface area is 175 Å². The third-order valence-corrected chi connectivity index (χ3v) is 4.58. The number of hydrogen-bond donors (Lipinski definition) is 6. The lowest BCUT2D eigenvalue weighted by molar-refractivity contribution is -0.121. The average Bonchev–Trinajstić information content (AvgIpc) is 2.78. The summed E-state index contributed by atoms with van der Waals surface area (Å²) in [6.45, 7) is 3.06. The Balaban J connectivity index is 2.18. The normalized spacial score (nSPS) is 12.6. The molecule has 0 fully saturated rings. The molecule has 0 aliphatic rings. The summed E-state index contributed by atoms with van der Waals surface area (Å²) in [4.78, 5) is 82.9. The molecule has 0 aliphatic carbocycles. The lowest BCUT2D eigenvalue weighted by atomic mass is 10.1. The van der Waals surface area contributed by atoms with E-state index in [1.807, 2.05) is 0 Å². The Morgan fingerprint density at radius 2 is 1.19 bits per heavy atom. The van der Waals surface area contributed by atoms with Crippen LogP contribution in [0, 0.1) is 0 Å². The predicted molar refractivity (Wildman–Crippen MR) is 114 cm³/mol. The fraction of sp³-hybridized carbons (Fsp3) is 0.389. The van der Waals surface area contributed by atoms with Crippen molar-refractivity contribution in [2.24, 2.45) is 0 Å². The summed E-state index contributed by atoms with van der Waals surface area (Å²) in [5, 5.41) is 14.2. The first-order valence-corrected chi connectivity index (χ1v) is 9.28. The number of likely N-dealkylation sites (N-methyl/N-ethyl adjacent to an activating group) is 1. The van der Waals surface area contributed by atoms with E-state index in [2.05, 4.69) is 31.9 Å². The van der Waals surface area contributed by atoms with Crippen LogP contribution in [0.4, 0.5) is 27.5 Å². The number of carbonyl (C=O) groups excluding carboxylic acids is 3. The molecule has 31 heavy (non-hydrogen) atoms. The zero-order valence-corrected chi connectivity index (χ0v) is 17.2. The van der Waals surface area contributed by atoms with Crippen molar-refractivity contribution in [3.63, 3.8) is 0 Å². The molecular formula is C18H22N6O7. The minimum absolute atomic E-state index is 0.136. The minimum atomic E-state index is -1.07. The van der Waals surface area contributed by atoms with Crippen molar-refractivity contribution in [3.05, 3.63) is 40.9 Å². The smallest absolute Gasteiger partial charge is 0.319 e. The van der Waals surface area contributed by atoms with Gasteiger partial charge in [-0.05, 0) is 13.3 Å². The Hall–Kier alpha value is -4.03. The fourth-order valence-corrected chi connectivity index (χ4v) is 2.71. The second-order valence-electron chi connectivity index (χ2n) is 6.60. The molecule has 13 heteroatoms.